The molecule has 28 heavy (non-hydrogen) atoms. The smallest absolute Gasteiger partial charge is 0.243 e. The fourth-order valence-corrected chi connectivity index (χ4v) is 4.63. The minimum Gasteiger partial charge on any atom is -0.299 e. The molecule has 0 spiro atoms. The summed E-state index contributed by atoms with van der Waals surface area (Å²) in [7, 11) is -1.94. The van der Waals surface area contributed by atoms with Crippen molar-refractivity contribution < 1.29 is 8.42 Å². The van der Waals surface area contributed by atoms with Crippen molar-refractivity contribution >= 4 is 21.1 Å². The highest BCUT2D eigenvalue weighted by Gasteiger charge is 2.26. The van der Waals surface area contributed by atoms with Gasteiger partial charge in [0, 0.05) is 18.8 Å². The molecule has 1 aromatic heterocycles. The lowest BCUT2D eigenvalue weighted by Crippen LogP contribution is -2.29. The minimum atomic E-state index is -3.55. The van der Waals surface area contributed by atoms with Gasteiger partial charge in [0.1, 0.15) is 6.33 Å². The van der Waals surface area contributed by atoms with Crippen LogP contribution in [0.4, 0.5) is 0 Å². The molecule has 142 valence electrons. The van der Waals surface area contributed by atoms with E-state index in [-0.39, 0.29) is 6.04 Å². The molecule has 0 aliphatic rings. The monoisotopic (exact) mass is 391 g/mol. The van der Waals surface area contributed by atoms with Crippen molar-refractivity contribution in [2.24, 2.45) is 0 Å². The molecule has 4 aromatic rings. The third kappa shape index (κ3) is 3.21. The Morgan fingerprint density at radius 1 is 0.893 bits per heavy atom. The first-order chi connectivity index (χ1) is 13.5. The van der Waals surface area contributed by atoms with E-state index in [1.165, 1.54) is 4.31 Å². The number of imidazole rings is 1. The van der Waals surface area contributed by atoms with Gasteiger partial charge in [-0.05, 0) is 48.9 Å². The first-order valence-electron chi connectivity index (χ1n) is 9.04. The lowest BCUT2D eigenvalue weighted by Gasteiger charge is -2.25. The fraction of sp³-hybridized carbons (Fsp3) is 0.136. The van der Waals surface area contributed by atoms with Crippen LogP contribution in [0, 0.1) is 0 Å². The molecule has 0 amide bonds. The molecule has 1 heterocycles. The Hall–Kier alpha value is -2.96. The molecule has 0 N–H and O–H groups in total. The van der Waals surface area contributed by atoms with Gasteiger partial charge in [0.25, 0.3) is 0 Å². The summed E-state index contributed by atoms with van der Waals surface area (Å²) in [5, 5.41) is 0. The molecule has 1 atom stereocenters. The Kier molecular flexibility index (Phi) is 4.75. The summed E-state index contributed by atoms with van der Waals surface area (Å²) in [6.45, 7) is 1.89. The molecular weight excluding hydrogens is 370 g/mol. The van der Waals surface area contributed by atoms with Crippen LogP contribution in [0.5, 0.6) is 0 Å². The Labute approximate surface area is 164 Å². The van der Waals surface area contributed by atoms with Gasteiger partial charge in [0.05, 0.1) is 15.9 Å². The molecule has 0 aliphatic carbocycles. The average Bonchev–Trinajstić information content (AvgIpc) is 3.17. The van der Waals surface area contributed by atoms with Crippen LogP contribution in [-0.2, 0) is 10.0 Å². The van der Waals surface area contributed by atoms with E-state index in [4.69, 9.17) is 0 Å². The molecule has 0 saturated heterocycles. The predicted octanol–water partition coefficient (Wildman–Crippen LogP) is 4.41. The maximum absolute atomic E-state index is 12.9. The van der Waals surface area contributed by atoms with Gasteiger partial charge in [-0.25, -0.2) is 13.4 Å². The third-order valence-corrected chi connectivity index (χ3v) is 7.02. The maximum Gasteiger partial charge on any atom is 0.243 e. The van der Waals surface area contributed by atoms with Gasteiger partial charge in [-0.2, -0.15) is 4.31 Å². The number of benzene rings is 3. The van der Waals surface area contributed by atoms with Crippen molar-refractivity contribution in [1.29, 1.82) is 0 Å². The van der Waals surface area contributed by atoms with Gasteiger partial charge >= 0.3 is 0 Å². The second kappa shape index (κ2) is 7.22. The second-order valence-corrected chi connectivity index (χ2v) is 8.70. The summed E-state index contributed by atoms with van der Waals surface area (Å²) in [6, 6.07) is 24.1. The van der Waals surface area contributed by atoms with Crippen molar-refractivity contribution in [3.05, 3.63) is 90.8 Å². The van der Waals surface area contributed by atoms with Gasteiger partial charge in [-0.3, -0.25) is 4.57 Å². The molecule has 5 nitrogen and oxygen atoms in total. The van der Waals surface area contributed by atoms with Crippen molar-refractivity contribution in [3.8, 4) is 5.69 Å². The van der Waals surface area contributed by atoms with Gasteiger partial charge in [0.15, 0.2) is 0 Å². The molecule has 0 fully saturated rings. The number of fused-ring (bicyclic) bond motifs is 1. The fourth-order valence-electron chi connectivity index (χ4n) is 3.26. The maximum atomic E-state index is 12.9. The van der Waals surface area contributed by atoms with E-state index in [0.717, 1.165) is 22.3 Å². The zero-order valence-electron chi connectivity index (χ0n) is 15.7. The van der Waals surface area contributed by atoms with Crippen molar-refractivity contribution in [1.82, 2.24) is 13.9 Å². The van der Waals surface area contributed by atoms with Crippen molar-refractivity contribution in [2.45, 2.75) is 17.9 Å². The molecule has 6 heteroatoms. The van der Waals surface area contributed by atoms with Crippen LogP contribution in [-0.4, -0.2) is 29.3 Å². The quantitative estimate of drug-likeness (QED) is 0.506. The summed E-state index contributed by atoms with van der Waals surface area (Å²) in [5.74, 6) is 0. The van der Waals surface area contributed by atoms with E-state index >= 15 is 0 Å². The first kappa shape index (κ1) is 18.4. The molecule has 3 aromatic carbocycles. The highest BCUT2D eigenvalue weighted by molar-refractivity contribution is 7.89. The highest BCUT2D eigenvalue weighted by Crippen LogP contribution is 2.27. The SMILES string of the molecule is C[C@H](c1ccc(-n2cnc3ccccc32)cc1)N(C)S(=O)(=O)c1ccccc1. The standard InChI is InChI=1S/C22H21N3O2S/c1-17(24(2)28(26,27)20-8-4-3-5-9-20)18-12-14-19(15-13-18)25-16-23-21-10-6-7-11-22(21)25/h3-17H,1-2H3/t17-/m1/s1. The average molecular weight is 391 g/mol. The van der Waals surface area contributed by atoms with E-state index in [1.807, 2.05) is 60.0 Å². The number of sulfonamides is 1. The Morgan fingerprint density at radius 3 is 2.25 bits per heavy atom. The number of rotatable bonds is 5. The highest BCUT2D eigenvalue weighted by atomic mass is 32.2. The number of hydrogen-bond donors (Lipinski definition) is 0. The van der Waals surface area contributed by atoms with Crippen molar-refractivity contribution in [2.75, 3.05) is 7.05 Å². The molecule has 0 unspecified atom stereocenters. The zero-order valence-corrected chi connectivity index (χ0v) is 16.5. The lowest BCUT2D eigenvalue weighted by molar-refractivity contribution is 0.398. The summed E-state index contributed by atoms with van der Waals surface area (Å²) in [4.78, 5) is 4.72. The van der Waals surface area contributed by atoms with Crippen LogP contribution in [0.2, 0.25) is 0 Å². The number of para-hydroxylation sites is 2. The molecule has 0 bridgehead atoms. The first-order valence-corrected chi connectivity index (χ1v) is 10.5. The van der Waals surface area contributed by atoms with Gasteiger partial charge in [-0.1, -0.05) is 42.5 Å². The summed E-state index contributed by atoms with van der Waals surface area (Å²) < 4.78 is 29.1. The largest absolute Gasteiger partial charge is 0.299 e. The van der Waals surface area contributed by atoms with E-state index in [2.05, 4.69) is 4.98 Å². The van der Waals surface area contributed by atoms with Crippen molar-refractivity contribution in [3.63, 3.8) is 0 Å². The third-order valence-electron chi connectivity index (χ3n) is 5.07. The van der Waals surface area contributed by atoms with Crippen LogP contribution in [0.15, 0.2) is 90.1 Å². The lowest BCUT2D eigenvalue weighted by atomic mass is 10.1. The van der Waals surface area contributed by atoms with E-state index in [1.54, 1.807) is 43.7 Å². The Morgan fingerprint density at radius 2 is 1.54 bits per heavy atom. The molecule has 0 aliphatic heterocycles. The number of hydrogen-bond acceptors (Lipinski definition) is 3. The number of nitrogens with zero attached hydrogens (tertiary/aromatic N) is 3. The Balaban J connectivity index is 1.62. The van der Waals surface area contributed by atoms with Gasteiger partial charge in [-0.15, -0.1) is 0 Å². The minimum absolute atomic E-state index is 0.293. The second-order valence-electron chi connectivity index (χ2n) is 6.71. The Bertz CT molecular complexity index is 1200. The van der Waals surface area contributed by atoms with Crippen LogP contribution in [0.25, 0.3) is 16.7 Å². The van der Waals surface area contributed by atoms with Crippen LogP contribution in [0.1, 0.15) is 18.5 Å². The topological polar surface area (TPSA) is 55.2 Å². The molecular formula is C22H21N3O2S. The van der Waals surface area contributed by atoms with E-state index in [9.17, 15) is 8.42 Å². The van der Waals surface area contributed by atoms with E-state index < -0.39 is 10.0 Å². The van der Waals surface area contributed by atoms with Crippen LogP contribution >= 0.6 is 0 Å². The van der Waals surface area contributed by atoms with Crippen LogP contribution in [0.3, 0.4) is 0 Å². The number of aromatic nitrogens is 2. The summed E-state index contributed by atoms with van der Waals surface area (Å²) >= 11 is 0. The van der Waals surface area contributed by atoms with Gasteiger partial charge < -0.3 is 0 Å². The zero-order chi connectivity index (χ0) is 19.7. The predicted molar refractivity (Wildman–Crippen MR) is 111 cm³/mol. The molecule has 0 radical (unpaired) electrons. The van der Waals surface area contributed by atoms with Crippen LogP contribution < -0.4 is 0 Å². The summed E-state index contributed by atoms with van der Waals surface area (Å²) in [6.07, 6.45) is 1.80. The molecule has 4 rings (SSSR count). The normalized spacial score (nSPS) is 13.1. The summed E-state index contributed by atoms with van der Waals surface area (Å²) in [5.41, 5.74) is 3.88. The molecule has 0 saturated carbocycles. The van der Waals surface area contributed by atoms with E-state index in [0.29, 0.717) is 4.90 Å². The van der Waals surface area contributed by atoms with Gasteiger partial charge in [0.2, 0.25) is 10.0 Å².